The third-order valence-corrected chi connectivity index (χ3v) is 3.98. The van der Waals surface area contributed by atoms with E-state index in [1.165, 1.54) is 5.56 Å². The Bertz CT molecular complexity index is 746. The van der Waals surface area contributed by atoms with Crippen LogP contribution in [-0.2, 0) is 17.6 Å². The van der Waals surface area contributed by atoms with Crippen molar-refractivity contribution in [2.24, 2.45) is 4.99 Å². The van der Waals surface area contributed by atoms with Gasteiger partial charge in [0.1, 0.15) is 5.15 Å². The number of nitrogens with one attached hydrogen (secondary N) is 3. The molecular weight excluding hydrogens is 350 g/mol. The number of nitrogens with zero attached hydrogens (tertiary/aromatic N) is 2. The van der Waals surface area contributed by atoms with Crippen molar-refractivity contribution in [2.75, 3.05) is 25.5 Å². The highest BCUT2D eigenvalue weighted by molar-refractivity contribution is 6.29. The van der Waals surface area contributed by atoms with Crippen molar-refractivity contribution in [3.05, 3.63) is 58.9 Å². The van der Waals surface area contributed by atoms with Gasteiger partial charge in [-0.3, -0.25) is 9.79 Å². The Labute approximate surface area is 159 Å². The van der Waals surface area contributed by atoms with Crippen molar-refractivity contribution >= 4 is 29.2 Å². The Morgan fingerprint density at radius 3 is 2.73 bits per heavy atom. The third kappa shape index (κ3) is 6.72. The summed E-state index contributed by atoms with van der Waals surface area (Å²) in [7, 11) is 1.67. The van der Waals surface area contributed by atoms with Crippen LogP contribution in [0, 0.1) is 0 Å². The van der Waals surface area contributed by atoms with Crippen LogP contribution in [0.15, 0.2) is 47.6 Å². The molecule has 0 aliphatic rings. The second-order valence-corrected chi connectivity index (χ2v) is 6.08. The Morgan fingerprint density at radius 2 is 2.04 bits per heavy atom. The fourth-order valence-corrected chi connectivity index (χ4v) is 2.45. The van der Waals surface area contributed by atoms with Gasteiger partial charge in [-0.1, -0.05) is 36.7 Å². The number of aromatic nitrogens is 1. The molecule has 0 aliphatic heterocycles. The summed E-state index contributed by atoms with van der Waals surface area (Å²) >= 11 is 5.77. The van der Waals surface area contributed by atoms with Gasteiger partial charge in [0.05, 0.1) is 6.54 Å². The fraction of sp³-hybridized carbons (Fsp3) is 0.316. The molecule has 2 aromatic rings. The molecule has 0 spiro atoms. The van der Waals surface area contributed by atoms with E-state index < -0.39 is 0 Å². The minimum absolute atomic E-state index is 0.122. The first-order valence-electron chi connectivity index (χ1n) is 8.54. The molecule has 0 saturated heterocycles. The van der Waals surface area contributed by atoms with E-state index in [0.29, 0.717) is 17.7 Å². The van der Waals surface area contributed by atoms with Crippen LogP contribution in [-0.4, -0.2) is 37.0 Å². The summed E-state index contributed by atoms with van der Waals surface area (Å²) in [6.45, 7) is 2.89. The third-order valence-electron chi connectivity index (χ3n) is 3.75. The van der Waals surface area contributed by atoms with Crippen LogP contribution in [0.4, 0.5) is 5.69 Å². The van der Waals surface area contributed by atoms with E-state index in [0.717, 1.165) is 24.1 Å². The summed E-state index contributed by atoms with van der Waals surface area (Å²) < 4.78 is 0. The Hall–Kier alpha value is -2.60. The zero-order valence-corrected chi connectivity index (χ0v) is 15.8. The largest absolute Gasteiger partial charge is 0.356 e. The van der Waals surface area contributed by atoms with Crippen LogP contribution in [0.3, 0.4) is 0 Å². The molecule has 26 heavy (non-hydrogen) atoms. The molecule has 138 valence electrons. The molecule has 0 bridgehead atoms. The first-order valence-corrected chi connectivity index (χ1v) is 8.92. The van der Waals surface area contributed by atoms with Crippen LogP contribution in [0.1, 0.15) is 18.1 Å². The van der Waals surface area contributed by atoms with Crippen molar-refractivity contribution in [2.45, 2.75) is 19.8 Å². The summed E-state index contributed by atoms with van der Waals surface area (Å²) in [5.41, 5.74) is 3.06. The lowest BCUT2D eigenvalue weighted by atomic mass is 10.1. The lowest BCUT2D eigenvalue weighted by Crippen LogP contribution is -2.42. The number of carbonyl (C=O) groups is 1. The Kier molecular flexibility index (Phi) is 7.89. The number of amides is 1. The highest BCUT2D eigenvalue weighted by Crippen LogP contribution is 2.10. The topological polar surface area (TPSA) is 78.4 Å². The molecule has 6 nitrogen and oxygen atoms in total. The van der Waals surface area contributed by atoms with Crippen molar-refractivity contribution in [3.63, 3.8) is 0 Å². The summed E-state index contributed by atoms with van der Waals surface area (Å²) in [6, 6.07) is 11.5. The molecule has 0 saturated carbocycles. The number of carbonyl (C=O) groups excluding carboxylic acids is 1. The summed E-state index contributed by atoms with van der Waals surface area (Å²) in [4.78, 5) is 20.2. The number of halogens is 1. The second kappa shape index (κ2) is 10.4. The maximum atomic E-state index is 12.1. The monoisotopic (exact) mass is 373 g/mol. The number of anilines is 1. The van der Waals surface area contributed by atoms with E-state index >= 15 is 0 Å². The zero-order valence-electron chi connectivity index (χ0n) is 15.1. The van der Waals surface area contributed by atoms with Gasteiger partial charge in [-0.15, -0.1) is 0 Å². The molecule has 7 heteroatoms. The number of aryl methyl sites for hydroxylation is 1. The van der Waals surface area contributed by atoms with E-state index in [1.54, 1.807) is 19.3 Å². The van der Waals surface area contributed by atoms with Gasteiger partial charge in [0.25, 0.3) is 0 Å². The average molecular weight is 374 g/mol. The molecule has 1 heterocycles. The van der Waals surface area contributed by atoms with Crippen LogP contribution in [0.2, 0.25) is 5.15 Å². The van der Waals surface area contributed by atoms with Crippen molar-refractivity contribution in [1.29, 1.82) is 0 Å². The molecule has 0 aliphatic carbocycles. The van der Waals surface area contributed by atoms with E-state index in [9.17, 15) is 4.79 Å². The van der Waals surface area contributed by atoms with E-state index in [1.807, 2.05) is 30.3 Å². The van der Waals surface area contributed by atoms with E-state index in [2.05, 4.69) is 32.9 Å². The first-order chi connectivity index (χ1) is 12.6. The van der Waals surface area contributed by atoms with E-state index in [4.69, 9.17) is 11.6 Å². The van der Waals surface area contributed by atoms with Gasteiger partial charge in [-0.2, -0.15) is 0 Å². The van der Waals surface area contributed by atoms with Gasteiger partial charge in [0, 0.05) is 25.5 Å². The molecular formula is C19H24ClN5O. The Morgan fingerprint density at radius 1 is 1.19 bits per heavy atom. The van der Waals surface area contributed by atoms with Crippen LogP contribution in [0.5, 0.6) is 0 Å². The Balaban J connectivity index is 1.73. The molecule has 0 atom stereocenters. The summed E-state index contributed by atoms with van der Waals surface area (Å²) in [6.07, 6.45) is 3.46. The van der Waals surface area contributed by atoms with Gasteiger partial charge < -0.3 is 16.0 Å². The zero-order chi connectivity index (χ0) is 18.8. The van der Waals surface area contributed by atoms with Gasteiger partial charge in [0.2, 0.25) is 5.91 Å². The van der Waals surface area contributed by atoms with E-state index in [-0.39, 0.29) is 12.5 Å². The number of pyridine rings is 1. The van der Waals surface area contributed by atoms with Crippen molar-refractivity contribution in [1.82, 2.24) is 15.6 Å². The maximum absolute atomic E-state index is 12.1. The molecule has 0 fully saturated rings. The minimum Gasteiger partial charge on any atom is -0.356 e. The molecule has 0 unspecified atom stereocenters. The van der Waals surface area contributed by atoms with Gasteiger partial charge in [-0.25, -0.2) is 4.98 Å². The molecule has 1 aromatic heterocycles. The van der Waals surface area contributed by atoms with Crippen LogP contribution >= 0.6 is 11.6 Å². The number of benzene rings is 1. The van der Waals surface area contributed by atoms with Gasteiger partial charge in [-0.05, 0) is 42.2 Å². The van der Waals surface area contributed by atoms with Gasteiger partial charge >= 0.3 is 0 Å². The lowest BCUT2D eigenvalue weighted by molar-refractivity contribution is -0.115. The fourth-order valence-electron chi connectivity index (χ4n) is 2.34. The van der Waals surface area contributed by atoms with Crippen LogP contribution in [0.25, 0.3) is 0 Å². The number of aliphatic imine (C=N–C) groups is 1. The molecule has 0 radical (unpaired) electrons. The number of hydrogen-bond acceptors (Lipinski definition) is 3. The highest BCUT2D eigenvalue weighted by atomic mass is 35.5. The number of guanidine groups is 1. The minimum atomic E-state index is -0.122. The number of rotatable bonds is 7. The lowest BCUT2D eigenvalue weighted by Gasteiger charge is -2.12. The highest BCUT2D eigenvalue weighted by Gasteiger charge is 2.05. The summed E-state index contributed by atoms with van der Waals surface area (Å²) in [5, 5.41) is 9.53. The standard InChI is InChI=1S/C19H24ClN5O/c1-3-14-5-4-6-16(11-14)25-18(26)13-24-19(21-2)22-10-9-15-7-8-17(20)23-12-15/h4-8,11-12H,3,9-10,13H2,1-2H3,(H,25,26)(H2,21,22,24). The van der Waals surface area contributed by atoms with Crippen molar-refractivity contribution < 1.29 is 4.79 Å². The first kappa shape index (κ1) is 19.7. The van der Waals surface area contributed by atoms with Crippen LogP contribution < -0.4 is 16.0 Å². The molecule has 1 amide bonds. The molecule has 1 aromatic carbocycles. The SMILES string of the molecule is CCc1cccc(NC(=O)CNC(=NC)NCCc2ccc(Cl)nc2)c1. The van der Waals surface area contributed by atoms with Crippen molar-refractivity contribution in [3.8, 4) is 0 Å². The predicted molar refractivity (Wildman–Crippen MR) is 107 cm³/mol. The second-order valence-electron chi connectivity index (χ2n) is 5.69. The molecule has 2 rings (SSSR count). The number of hydrogen-bond donors (Lipinski definition) is 3. The quantitative estimate of drug-likeness (QED) is 0.396. The average Bonchev–Trinajstić information content (AvgIpc) is 2.66. The molecule has 3 N–H and O–H groups in total. The maximum Gasteiger partial charge on any atom is 0.243 e. The normalized spacial score (nSPS) is 11.1. The predicted octanol–water partition coefficient (Wildman–Crippen LogP) is 2.64. The smallest absolute Gasteiger partial charge is 0.243 e. The summed E-state index contributed by atoms with van der Waals surface area (Å²) in [5.74, 6) is 0.451. The van der Waals surface area contributed by atoms with Gasteiger partial charge in [0.15, 0.2) is 5.96 Å².